The Labute approximate surface area is 107 Å². The van der Waals surface area contributed by atoms with Gasteiger partial charge in [0, 0.05) is 18.7 Å². The van der Waals surface area contributed by atoms with Gasteiger partial charge in [-0.05, 0) is 13.8 Å². The van der Waals surface area contributed by atoms with Crippen molar-refractivity contribution < 1.29 is 18.3 Å². The zero-order chi connectivity index (χ0) is 14.0. The summed E-state index contributed by atoms with van der Waals surface area (Å²) < 4.78 is 26.9. The first kappa shape index (κ1) is 14.8. The van der Waals surface area contributed by atoms with E-state index in [2.05, 4.69) is 9.97 Å². The second kappa shape index (κ2) is 5.19. The van der Waals surface area contributed by atoms with Crippen LogP contribution in [0.4, 0.5) is 0 Å². The lowest BCUT2D eigenvalue weighted by Gasteiger charge is -2.28. The van der Waals surface area contributed by atoms with E-state index in [1.165, 1.54) is 27.3 Å². The molecular formula is C11H18N2O4S. The molecule has 1 aromatic heterocycles. The second-order valence-corrected chi connectivity index (χ2v) is 7.24. The molecular weight excluding hydrogens is 256 g/mol. The topological polar surface area (TPSA) is 89.4 Å². The normalized spacial score (nSPS) is 14.3. The highest BCUT2D eigenvalue weighted by Crippen LogP contribution is 2.23. The van der Waals surface area contributed by atoms with Crippen molar-refractivity contribution in [1.82, 2.24) is 9.97 Å². The zero-order valence-electron chi connectivity index (χ0n) is 10.9. The summed E-state index contributed by atoms with van der Waals surface area (Å²) in [7, 11) is -1.89. The summed E-state index contributed by atoms with van der Waals surface area (Å²) >= 11 is 0. The van der Waals surface area contributed by atoms with Crippen molar-refractivity contribution in [3.63, 3.8) is 0 Å². The van der Waals surface area contributed by atoms with Gasteiger partial charge >= 0.3 is 0 Å². The number of nitrogens with zero attached hydrogens (tertiary/aromatic N) is 2. The van der Waals surface area contributed by atoms with Crippen LogP contribution in [0.2, 0.25) is 0 Å². The van der Waals surface area contributed by atoms with Crippen molar-refractivity contribution in [3.05, 3.63) is 18.1 Å². The molecule has 0 aliphatic carbocycles. The van der Waals surface area contributed by atoms with E-state index in [4.69, 9.17) is 4.74 Å². The molecule has 0 saturated carbocycles. The molecule has 1 aromatic rings. The lowest BCUT2D eigenvalue weighted by molar-refractivity contribution is 0.136. The molecule has 0 spiro atoms. The van der Waals surface area contributed by atoms with Crippen LogP contribution in [0, 0.1) is 0 Å². The minimum atomic E-state index is -3.36. The van der Waals surface area contributed by atoms with E-state index in [9.17, 15) is 13.5 Å². The minimum Gasteiger partial charge on any atom is -0.481 e. The van der Waals surface area contributed by atoms with Crippen molar-refractivity contribution >= 4 is 9.84 Å². The molecule has 1 rings (SSSR count). The highest BCUT2D eigenvalue weighted by atomic mass is 32.2. The number of rotatable bonds is 5. The van der Waals surface area contributed by atoms with Crippen LogP contribution >= 0.6 is 0 Å². The molecule has 1 heterocycles. The molecule has 0 radical (unpaired) electrons. The van der Waals surface area contributed by atoms with Gasteiger partial charge in [0.1, 0.15) is 6.33 Å². The Morgan fingerprint density at radius 3 is 2.56 bits per heavy atom. The van der Waals surface area contributed by atoms with Crippen LogP contribution in [0.1, 0.15) is 19.5 Å². The van der Waals surface area contributed by atoms with Crippen LogP contribution in [0.15, 0.2) is 12.4 Å². The van der Waals surface area contributed by atoms with Crippen LogP contribution in [0.25, 0.3) is 0 Å². The number of aliphatic hydroxyl groups is 1. The van der Waals surface area contributed by atoms with Crippen molar-refractivity contribution in [2.24, 2.45) is 0 Å². The lowest BCUT2D eigenvalue weighted by atomic mass is 10.0. The first-order chi connectivity index (χ1) is 8.18. The summed E-state index contributed by atoms with van der Waals surface area (Å²) in [6, 6.07) is 1.57. The largest absolute Gasteiger partial charge is 0.481 e. The quantitative estimate of drug-likeness (QED) is 0.825. The third kappa shape index (κ3) is 3.17. The maximum absolute atomic E-state index is 11.6. The Hall–Kier alpha value is -1.21. The predicted molar refractivity (Wildman–Crippen MR) is 67.2 cm³/mol. The van der Waals surface area contributed by atoms with Crippen molar-refractivity contribution in [3.8, 4) is 5.88 Å². The Bertz CT molecular complexity index is 514. The average molecular weight is 274 g/mol. The summed E-state index contributed by atoms with van der Waals surface area (Å²) in [5, 5.41) is 10.0. The van der Waals surface area contributed by atoms with Crippen LogP contribution in [-0.2, 0) is 16.3 Å². The predicted octanol–water partition coefficient (Wildman–Crippen LogP) is 0.212. The van der Waals surface area contributed by atoms with E-state index >= 15 is 0 Å². The number of sulfone groups is 1. The highest BCUT2D eigenvalue weighted by molar-refractivity contribution is 7.92. The van der Waals surface area contributed by atoms with Gasteiger partial charge in [0.15, 0.2) is 9.84 Å². The van der Waals surface area contributed by atoms with Crippen LogP contribution in [-0.4, -0.2) is 47.7 Å². The molecule has 0 amide bonds. The molecule has 0 saturated heterocycles. The van der Waals surface area contributed by atoms with Crippen LogP contribution < -0.4 is 4.74 Å². The summed E-state index contributed by atoms with van der Waals surface area (Å²) in [6.45, 7) is 2.98. The van der Waals surface area contributed by atoms with E-state index in [0.717, 1.165) is 6.26 Å². The van der Waals surface area contributed by atoms with Crippen LogP contribution in [0.3, 0.4) is 0 Å². The number of aliphatic hydroxyl groups excluding tert-OH is 1. The first-order valence-corrected chi connectivity index (χ1v) is 7.30. The van der Waals surface area contributed by atoms with Gasteiger partial charge in [0.05, 0.1) is 23.7 Å². The molecule has 6 nitrogen and oxygen atoms in total. The fourth-order valence-electron chi connectivity index (χ4n) is 1.29. The highest BCUT2D eigenvalue weighted by Gasteiger charge is 2.38. The Morgan fingerprint density at radius 1 is 1.44 bits per heavy atom. The molecule has 1 N–H and O–H groups in total. The smallest absolute Gasteiger partial charge is 0.216 e. The summed E-state index contributed by atoms with van der Waals surface area (Å²) in [5.41, 5.74) is 0.533. The molecule has 0 fully saturated rings. The van der Waals surface area contributed by atoms with Crippen molar-refractivity contribution in [1.29, 1.82) is 0 Å². The number of hydrogen-bond acceptors (Lipinski definition) is 6. The van der Waals surface area contributed by atoms with Gasteiger partial charge in [-0.25, -0.2) is 18.4 Å². The van der Waals surface area contributed by atoms with E-state index < -0.39 is 20.7 Å². The maximum atomic E-state index is 11.6. The molecule has 0 aromatic carbocycles. The van der Waals surface area contributed by atoms with E-state index in [0.29, 0.717) is 11.6 Å². The number of hydrogen-bond donors (Lipinski definition) is 1. The Morgan fingerprint density at radius 2 is 2.06 bits per heavy atom. The van der Waals surface area contributed by atoms with Gasteiger partial charge in [-0.1, -0.05) is 0 Å². The molecule has 102 valence electrons. The third-order valence-electron chi connectivity index (χ3n) is 3.07. The van der Waals surface area contributed by atoms with E-state index in [1.807, 2.05) is 0 Å². The van der Waals surface area contributed by atoms with Gasteiger partial charge in [-0.15, -0.1) is 0 Å². The Kier molecular flexibility index (Phi) is 4.28. The fourth-order valence-corrected chi connectivity index (χ4v) is 1.87. The van der Waals surface area contributed by atoms with Crippen molar-refractivity contribution in [2.45, 2.75) is 31.1 Å². The van der Waals surface area contributed by atoms with Gasteiger partial charge in [0.2, 0.25) is 5.88 Å². The lowest BCUT2D eigenvalue weighted by Crippen LogP contribution is -2.44. The summed E-state index contributed by atoms with van der Waals surface area (Å²) in [5.74, 6) is 0.379. The van der Waals surface area contributed by atoms with Crippen LogP contribution in [0.5, 0.6) is 5.88 Å². The molecule has 0 aliphatic heterocycles. The standard InChI is InChI=1S/C11H18N2O4S/c1-11(2,18(4,15)16)9(14)5-8-6-10(17-3)13-7-12-8/h6-7,9,14H,5H2,1-4H3. The minimum absolute atomic E-state index is 0.124. The second-order valence-electron chi connectivity index (χ2n) is 4.65. The van der Waals surface area contributed by atoms with Crippen molar-refractivity contribution in [2.75, 3.05) is 13.4 Å². The molecule has 7 heteroatoms. The van der Waals surface area contributed by atoms with E-state index in [1.54, 1.807) is 6.07 Å². The Balaban J connectivity index is 2.91. The molecule has 0 aliphatic rings. The SMILES string of the molecule is COc1cc(CC(O)C(C)(C)S(C)(=O)=O)ncn1. The number of ether oxygens (including phenoxy) is 1. The number of methoxy groups -OCH3 is 1. The van der Waals surface area contributed by atoms with Gasteiger partial charge in [-0.2, -0.15) is 0 Å². The molecule has 18 heavy (non-hydrogen) atoms. The third-order valence-corrected chi connectivity index (χ3v) is 5.25. The van der Waals surface area contributed by atoms with E-state index in [-0.39, 0.29) is 6.42 Å². The monoisotopic (exact) mass is 274 g/mol. The molecule has 1 unspecified atom stereocenters. The fraction of sp³-hybridized carbons (Fsp3) is 0.636. The first-order valence-electron chi connectivity index (χ1n) is 5.41. The average Bonchev–Trinajstić information content (AvgIpc) is 2.27. The molecule has 0 bridgehead atoms. The number of aromatic nitrogens is 2. The van der Waals surface area contributed by atoms with Gasteiger partial charge < -0.3 is 9.84 Å². The molecule has 1 atom stereocenters. The summed E-state index contributed by atoms with van der Waals surface area (Å²) in [6.07, 6.45) is 1.50. The van der Waals surface area contributed by atoms with Gasteiger partial charge in [-0.3, -0.25) is 0 Å². The summed E-state index contributed by atoms with van der Waals surface area (Å²) in [4.78, 5) is 7.82. The van der Waals surface area contributed by atoms with Gasteiger partial charge in [0.25, 0.3) is 0 Å². The zero-order valence-corrected chi connectivity index (χ0v) is 11.7. The maximum Gasteiger partial charge on any atom is 0.216 e.